The quantitative estimate of drug-likeness (QED) is 0.729. The Bertz CT molecular complexity index is 359. The van der Waals surface area contributed by atoms with E-state index in [-0.39, 0.29) is 0 Å². The highest BCUT2D eigenvalue weighted by atomic mass is 16.6. The van der Waals surface area contributed by atoms with Gasteiger partial charge in [-0.1, -0.05) is 25.1 Å². The molecule has 0 N–H and O–H groups in total. The third-order valence-electron chi connectivity index (χ3n) is 2.09. The minimum absolute atomic E-state index is 0.394. The zero-order valence-corrected chi connectivity index (χ0v) is 9.30. The van der Waals surface area contributed by atoms with Crippen LogP contribution >= 0.6 is 0 Å². The van der Waals surface area contributed by atoms with Gasteiger partial charge in [0.1, 0.15) is 0 Å². The molecule has 0 radical (unpaired) electrons. The zero-order chi connectivity index (χ0) is 12.0. The van der Waals surface area contributed by atoms with Gasteiger partial charge in [0.05, 0.1) is 12.7 Å². The molecule has 1 atom stereocenters. The first kappa shape index (κ1) is 12.2. The van der Waals surface area contributed by atoms with Crippen LogP contribution in [0, 0.1) is 0 Å². The van der Waals surface area contributed by atoms with E-state index >= 15 is 0 Å². The molecule has 86 valence electrons. The van der Waals surface area contributed by atoms with E-state index in [2.05, 4.69) is 4.74 Å². The fourth-order valence-corrected chi connectivity index (χ4v) is 1.20. The molecule has 0 saturated heterocycles. The van der Waals surface area contributed by atoms with Gasteiger partial charge in [0.2, 0.25) is 0 Å². The number of hydrogen-bond donors (Lipinski definition) is 0. The second kappa shape index (κ2) is 5.90. The molecule has 0 aromatic heterocycles. The standard InChI is InChI=1S/C12H14O4/c1-3-10(12(14)15-2)16-11(13)9-7-5-4-6-8-9/h4-8,10H,3H2,1-2H3. The summed E-state index contributed by atoms with van der Waals surface area (Å²) < 4.78 is 9.55. The normalized spacial score (nSPS) is 11.6. The van der Waals surface area contributed by atoms with Crippen molar-refractivity contribution in [2.24, 2.45) is 0 Å². The second-order valence-electron chi connectivity index (χ2n) is 3.19. The molecule has 16 heavy (non-hydrogen) atoms. The molecule has 1 unspecified atom stereocenters. The van der Waals surface area contributed by atoms with Crippen LogP contribution in [0.2, 0.25) is 0 Å². The molecule has 0 aliphatic carbocycles. The van der Waals surface area contributed by atoms with Crippen molar-refractivity contribution < 1.29 is 19.1 Å². The van der Waals surface area contributed by atoms with Gasteiger partial charge in [0.25, 0.3) is 0 Å². The highest BCUT2D eigenvalue weighted by Gasteiger charge is 2.22. The van der Waals surface area contributed by atoms with Gasteiger partial charge in [-0.15, -0.1) is 0 Å². The van der Waals surface area contributed by atoms with Crippen molar-refractivity contribution in [3.05, 3.63) is 35.9 Å². The van der Waals surface area contributed by atoms with Crippen molar-refractivity contribution in [1.82, 2.24) is 0 Å². The van der Waals surface area contributed by atoms with Gasteiger partial charge < -0.3 is 9.47 Å². The topological polar surface area (TPSA) is 52.6 Å². The zero-order valence-electron chi connectivity index (χ0n) is 9.30. The molecule has 0 saturated carbocycles. The van der Waals surface area contributed by atoms with Crippen molar-refractivity contribution in [3.8, 4) is 0 Å². The van der Waals surface area contributed by atoms with Crippen LogP contribution in [0.3, 0.4) is 0 Å². The molecular weight excluding hydrogens is 208 g/mol. The molecule has 1 aromatic rings. The van der Waals surface area contributed by atoms with Gasteiger partial charge in [-0.05, 0) is 18.6 Å². The molecule has 0 amide bonds. The Morgan fingerprint density at radius 1 is 1.25 bits per heavy atom. The van der Waals surface area contributed by atoms with Gasteiger partial charge in [0, 0.05) is 0 Å². The van der Waals surface area contributed by atoms with E-state index in [0.717, 1.165) is 0 Å². The van der Waals surface area contributed by atoms with Crippen molar-refractivity contribution in [1.29, 1.82) is 0 Å². The Kier molecular flexibility index (Phi) is 4.51. The third-order valence-corrected chi connectivity index (χ3v) is 2.09. The molecule has 0 fully saturated rings. The van der Waals surface area contributed by atoms with Gasteiger partial charge in [0.15, 0.2) is 6.10 Å². The maximum absolute atomic E-state index is 11.6. The monoisotopic (exact) mass is 222 g/mol. The van der Waals surface area contributed by atoms with Crippen LogP contribution in [0.5, 0.6) is 0 Å². The smallest absolute Gasteiger partial charge is 0.347 e. The molecule has 1 aromatic carbocycles. The Hall–Kier alpha value is -1.84. The van der Waals surface area contributed by atoms with Gasteiger partial charge >= 0.3 is 11.9 Å². The molecule has 4 heteroatoms. The Balaban J connectivity index is 2.66. The predicted molar refractivity (Wildman–Crippen MR) is 58.0 cm³/mol. The van der Waals surface area contributed by atoms with Gasteiger partial charge in [-0.25, -0.2) is 9.59 Å². The number of methoxy groups -OCH3 is 1. The Morgan fingerprint density at radius 2 is 1.88 bits per heavy atom. The maximum atomic E-state index is 11.6. The first-order valence-corrected chi connectivity index (χ1v) is 5.03. The summed E-state index contributed by atoms with van der Waals surface area (Å²) in [6, 6.07) is 8.53. The number of benzene rings is 1. The van der Waals surface area contributed by atoms with E-state index in [9.17, 15) is 9.59 Å². The number of hydrogen-bond acceptors (Lipinski definition) is 4. The number of esters is 2. The minimum Gasteiger partial charge on any atom is -0.466 e. The minimum atomic E-state index is -0.835. The molecular formula is C12H14O4. The summed E-state index contributed by atoms with van der Waals surface area (Å²) >= 11 is 0. The Labute approximate surface area is 94.2 Å². The van der Waals surface area contributed by atoms with E-state index in [1.165, 1.54) is 7.11 Å². The molecule has 1 rings (SSSR count). The van der Waals surface area contributed by atoms with Crippen molar-refractivity contribution in [2.75, 3.05) is 7.11 Å². The molecule has 0 bridgehead atoms. The lowest BCUT2D eigenvalue weighted by atomic mass is 10.2. The average molecular weight is 222 g/mol. The van der Waals surface area contributed by atoms with E-state index < -0.39 is 18.0 Å². The molecule has 4 nitrogen and oxygen atoms in total. The SMILES string of the molecule is CCC(OC(=O)c1ccccc1)C(=O)OC. The fraction of sp³-hybridized carbons (Fsp3) is 0.333. The summed E-state index contributed by atoms with van der Waals surface area (Å²) in [4.78, 5) is 22.8. The number of carbonyl (C=O) groups excluding carboxylic acids is 2. The van der Waals surface area contributed by atoms with Crippen molar-refractivity contribution in [3.63, 3.8) is 0 Å². The van der Waals surface area contributed by atoms with Crippen molar-refractivity contribution >= 4 is 11.9 Å². The summed E-state index contributed by atoms with van der Waals surface area (Å²) in [7, 11) is 1.27. The van der Waals surface area contributed by atoms with Crippen LogP contribution in [0.15, 0.2) is 30.3 Å². The van der Waals surface area contributed by atoms with Crippen LogP contribution in [-0.4, -0.2) is 25.2 Å². The lowest BCUT2D eigenvalue weighted by Crippen LogP contribution is -2.27. The summed E-state index contributed by atoms with van der Waals surface area (Å²) in [6.45, 7) is 1.75. The highest BCUT2D eigenvalue weighted by molar-refractivity contribution is 5.91. The lowest BCUT2D eigenvalue weighted by Gasteiger charge is -2.13. The van der Waals surface area contributed by atoms with Crippen molar-refractivity contribution in [2.45, 2.75) is 19.4 Å². The maximum Gasteiger partial charge on any atom is 0.347 e. The molecule has 0 aliphatic rings. The van der Waals surface area contributed by atoms with E-state index in [1.54, 1.807) is 37.3 Å². The van der Waals surface area contributed by atoms with E-state index in [1.807, 2.05) is 0 Å². The van der Waals surface area contributed by atoms with Crippen LogP contribution in [0.25, 0.3) is 0 Å². The van der Waals surface area contributed by atoms with E-state index in [0.29, 0.717) is 12.0 Å². The first-order chi connectivity index (χ1) is 7.69. The second-order valence-corrected chi connectivity index (χ2v) is 3.19. The molecule has 0 heterocycles. The summed E-state index contributed by atoms with van der Waals surface area (Å²) in [5.41, 5.74) is 0.421. The fourth-order valence-electron chi connectivity index (χ4n) is 1.20. The summed E-state index contributed by atoms with van der Waals surface area (Å²) in [5.74, 6) is -1.05. The highest BCUT2D eigenvalue weighted by Crippen LogP contribution is 2.07. The molecule has 0 aliphatic heterocycles. The number of rotatable bonds is 4. The van der Waals surface area contributed by atoms with Crippen LogP contribution in [0.4, 0.5) is 0 Å². The van der Waals surface area contributed by atoms with Crippen LogP contribution in [0.1, 0.15) is 23.7 Å². The third kappa shape index (κ3) is 3.08. The summed E-state index contributed by atoms with van der Waals surface area (Å²) in [6.07, 6.45) is -0.441. The lowest BCUT2D eigenvalue weighted by molar-refractivity contribution is -0.151. The number of carbonyl (C=O) groups is 2. The van der Waals surface area contributed by atoms with Gasteiger partial charge in [-0.2, -0.15) is 0 Å². The average Bonchev–Trinajstić information content (AvgIpc) is 2.35. The largest absolute Gasteiger partial charge is 0.466 e. The van der Waals surface area contributed by atoms with Gasteiger partial charge in [-0.3, -0.25) is 0 Å². The first-order valence-electron chi connectivity index (χ1n) is 5.03. The summed E-state index contributed by atoms with van der Waals surface area (Å²) in [5, 5.41) is 0. The van der Waals surface area contributed by atoms with E-state index in [4.69, 9.17) is 4.74 Å². The predicted octanol–water partition coefficient (Wildman–Crippen LogP) is 1.79. The van der Waals surface area contributed by atoms with Crippen LogP contribution in [-0.2, 0) is 14.3 Å². The molecule has 0 spiro atoms. The number of ether oxygens (including phenoxy) is 2. The Morgan fingerprint density at radius 3 is 2.38 bits per heavy atom. The van der Waals surface area contributed by atoms with Crippen LogP contribution < -0.4 is 0 Å².